The number of amides is 1. The summed E-state index contributed by atoms with van der Waals surface area (Å²) in [6.45, 7) is 0. The Morgan fingerprint density at radius 2 is 2.11 bits per heavy atom. The topological polar surface area (TPSA) is 73.6 Å². The molecule has 104 valence electrons. The average molecular weight is 285 g/mol. The molecule has 5 nitrogen and oxygen atoms in total. The number of rotatable bonds is 3. The molecule has 19 heavy (non-hydrogen) atoms. The van der Waals surface area contributed by atoms with Crippen molar-refractivity contribution < 1.29 is 14.3 Å². The molecule has 1 fully saturated rings. The summed E-state index contributed by atoms with van der Waals surface area (Å²) in [4.78, 5) is 11.5. The van der Waals surface area contributed by atoms with Gasteiger partial charge in [-0.25, -0.2) is 0 Å². The molecule has 2 atom stereocenters. The van der Waals surface area contributed by atoms with Crippen molar-refractivity contribution in [2.24, 2.45) is 5.73 Å². The summed E-state index contributed by atoms with van der Waals surface area (Å²) in [6.07, 6.45) is 1.09. The van der Waals surface area contributed by atoms with Gasteiger partial charge < -0.3 is 20.5 Å². The molecule has 2 unspecified atom stereocenters. The van der Waals surface area contributed by atoms with Crippen LogP contribution in [0.5, 0.6) is 11.5 Å². The SMILES string of the molecule is COc1ccc(C2NC(=O)CCC2N)c(Cl)c1OC. The van der Waals surface area contributed by atoms with Gasteiger partial charge in [-0.2, -0.15) is 0 Å². The van der Waals surface area contributed by atoms with Gasteiger partial charge in [0.2, 0.25) is 5.91 Å². The predicted octanol–water partition coefficient (Wildman–Crippen LogP) is 1.64. The highest BCUT2D eigenvalue weighted by Crippen LogP contribution is 2.40. The summed E-state index contributed by atoms with van der Waals surface area (Å²) >= 11 is 6.33. The van der Waals surface area contributed by atoms with Crippen LogP contribution in [0.2, 0.25) is 5.02 Å². The molecule has 1 amide bonds. The Bertz CT molecular complexity index is 493. The fourth-order valence-corrected chi connectivity index (χ4v) is 2.62. The summed E-state index contributed by atoms with van der Waals surface area (Å²) in [5.74, 6) is 0.984. The maximum atomic E-state index is 11.5. The highest BCUT2D eigenvalue weighted by atomic mass is 35.5. The zero-order valence-corrected chi connectivity index (χ0v) is 11.7. The second-order valence-electron chi connectivity index (χ2n) is 4.45. The van der Waals surface area contributed by atoms with Crippen LogP contribution in [0.25, 0.3) is 0 Å². The summed E-state index contributed by atoms with van der Waals surface area (Å²) < 4.78 is 10.4. The van der Waals surface area contributed by atoms with Crippen LogP contribution in [0.3, 0.4) is 0 Å². The fraction of sp³-hybridized carbons (Fsp3) is 0.462. The number of piperidine rings is 1. The Balaban J connectivity index is 2.41. The van der Waals surface area contributed by atoms with Crippen LogP contribution in [0.15, 0.2) is 12.1 Å². The van der Waals surface area contributed by atoms with Crippen LogP contribution in [0.1, 0.15) is 24.4 Å². The Labute approximate surface area is 117 Å². The van der Waals surface area contributed by atoms with Gasteiger partial charge in [-0.15, -0.1) is 0 Å². The first-order valence-electron chi connectivity index (χ1n) is 6.03. The van der Waals surface area contributed by atoms with Crippen LogP contribution in [0, 0.1) is 0 Å². The highest BCUT2D eigenvalue weighted by molar-refractivity contribution is 6.33. The molecule has 1 heterocycles. The Morgan fingerprint density at radius 1 is 1.37 bits per heavy atom. The van der Waals surface area contributed by atoms with E-state index >= 15 is 0 Å². The third-order valence-electron chi connectivity index (χ3n) is 3.30. The molecule has 1 aliphatic heterocycles. The molecule has 2 rings (SSSR count). The first-order valence-corrected chi connectivity index (χ1v) is 6.41. The van der Waals surface area contributed by atoms with Crippen LogP contribution in [-0.2, 0) is 4.79 Å². The number of hydrogen-bond acceptors (Lipinski definition) is 4. The molecule has 1 aliphatic rings. The number of hydrogen-bond donors (Lipinski definition) is 2. The van der Waals surface area contributed by atoms with Gasteiger partial charge in [0.05, 0.1) is 25.3 Å². The van der Waals surface area contributed by atoms with E-state index in [-0.39, 0.29) is 18.0 Å². The van der Waals surface area contributed by atoms with Crippen molar-refractivity contribution in [1.82, 2.24) is 5.32 Å². The minimum atomic E-state index is -0.298. The first kappa shape index (κ1) is 14.0. The minimum Gasteiger partial charge on any atom is -0.493 e. The first-order chi connectivity index (χ1) is 9.08. The molecule has 1 aromatic carbocycles. The Morgan fingerprint density at radius 3 is 2.74 bits per heavy atom. The minimum absolute atomic E-state index is 0.0162. The molecule has 0 aliphatic carbocycles. The lowest BCUT2D eigenvalue weighted by Gasteiger charge is -2.31. The second kappa shape index (κ2) is 5.67. The normalized spacial score (nSPS) is 22.8. The van der Waals surface area contributed by atoms with Gasteiger partial charge in [0.25, 0.3) is 0 Å². The van der Waals surface area contributed by atoms with Crippen molar-refractivity contribution in [3.05, 3.63) is 22.7 Å². The molecular formula is C13H17ClN2O3. The molecule has 0 spiro atoms. The van der Waals surface area contributed by atoms with E-state index in [2.05, 4.69) is 5.32 Å². The second-order valence-corrected chi connectivity index (χ2v) is 4.83. The molecule has 1 saturated heterocycles. The van der Waals surface area contributed by atoms with E-state index in [1.165, 1.54) is 7.11 Å². The number of nitrogens with two attached hydrogens (primary N) is 1. The van der Waals surface area contributed by atoms with Crippen molar-refractivity contribution in [1.29, 1.82) is 0 Å². The number of carbonyl (C=O) groups excluding carboxylic acids is 1. The Hall–Kier alpha value is -1.46. The summed E-state index contributed by atoms with van der Waals surface area (Å²) in [5.41, 5.74) is 6.81. The standard InChI is InChI=1S/C13H17ClN2O3/c1-18-9-5-3-7(11(14)13(9)19-2)12-8(15)4-6-10(17)16-12/h3,5,8,12H,4,6,15H2,1-2H3,(H,16,17). The van der Waals surface area contributed by atoms with Crippen molar-refractivity contribution >= 4 is 17.5 Å². The largest absolute Gasteiger partial charge is 0.493 e. The maximum Gasteiger partial charge on any atom is 0.220 e. The molecule has 1 aromatic rings. The van der Waals surface area contributed by atoms with E-state index < -0.39 is 0 Å². The average Bonchev–Trinajstić information content (AvgIpc) is 2.41. The van der Waals surface area contributed by atoms with Crippen molar-refractivity contribution in [3.8, 4) is 11.5 Å². The number of ether oxygens (including phenoxy) is 2. The number of benzene rings is 1. The third-order valence-corrected chi connectivity index (χ3v) is 3.69. The summed E-state index contributed by atoms with van der Waals surface area (Å²) in [6, 6.07) is 3.11. The summed E-state index contributed by atoms with van der Waals surface area (Å²) in [5, 5.41) is 3.29. The third kappa shape index (κ3) is 2.62. The van der Waals surface area contributed by atoms with Gasteiger partial charge in [-0.05, 0) is 18.1 Å². The predicted molar refractivity (Wildman–Crippen MR) is 72.6 cm³/mol. The zero-order chi connectivity index (χ0) is 14.0. The molecule has 3 N–H and O–H groups in total. The highest BCUT2D eigenvalue weighted by Gasteiger charge is 2.30. The number of methoxy groups -OCH3 is 2. The van der Waals surface area contributed by atoms with Crippen molar-refractivity contribution in [2.45, 2.75) is 24.9 Å². The number of nitrogens with one attached hydrogen (secondary N) is 1. The fourth-order valence-electron chi connectivity index (χ4n) is 2.27. The van der Waals surface area contributed by atoms with E-state index in [4.69, 9.17) is 26.8 Å². The lowest BCUT2D eigenvalue weighted by atomic mass is 9.92. The maximum absolute atomic E-state index is 11.5. The molecule has 0 saturated carbocycles. The van der Waals surface area contributed by atoms with Crippen LogP contribution >= 0.6 is 11.6 Å². The van der Waals surface area contributed by atoms with E-state index in [0.717, 1.165) is 5.56 Å². The lowest BCUT2D eigenvalue weighted by molar-refractivity contribution is -0.123. The molecule has 0 bridgehead atoms. The monoisotopic (exact) mass is 284 g/mol. The molecule has 0 radical (unpaired) electrons. The zero-order valence-electron chi connectivity index (χ0n) is 10.9. The van der Waals surface area contributed by atoms with Crippen LogP contribution in [-0.4, -0.2) is 26.2 Å². The van der Waals surface area contributed by atoms with E-state index in [1.54, 1.807) is 19.2 Å². The van der Waals surface area contributed by atoms with E-state index in [9.17, 15) is 4.79 Å². The van der Waals surface area contributed by atoms with E-state index in [1.807, 2.05) is 0 Å². The lowest BCUT2D eigenvalue weighted by Crippen LogP contribution is -2.45. The Kier molecular flexibility index (Phi) is 4.17. The van der Waals surface area contributed by atoms with Gasteiger partial charge in [0.1, 0.15) is 0 Å². The molecular weight excluding hydrogens is 268 g/mol. The number of halogens is 1. The summed E-state index contributed by atoms with van der Waals surface area (Å²) in [7, 11) is 3.06. The van der Waals surface area contributed by atoms with E-state index in [0.29, 0.717) is 29.4 Å². The number of carbonyl (C=O) groups is 1. The van der Waals surface area contributed by atoms with Gasteiger partial charge in [0.15, 0.2) is 11.5 Å². The van der Waals surface area contributed by atoms with Crippen LogP contribution < -0.4 is 20.5 Å². The van der Waals surface area contributed by atoms with Gasteiger partial charge >= 0.3 is 0 Å². The molecule has 6 heteroatoms. The van der Waals surface area contributed by atoms with Gasteiger partial charge in [0, 0.05) is 12.5 Å². The van der Waals surface area contributed by atoms with Gasteiger partial charge in [-0.3, -0.25) is 4.79 Å². The smallest absolute Gasteiger partial charge is 0.220 e. The van der Waals surface area contributed by atoms with Crippen molar-refractivity contribution in [2.75, 3.05) is 14.2 Å². The quantitative estimate of drug-likeness (QED) is 0.885. The van der Waals surface area contributed by atoms with Crippen LogP contribution in [0.4, 0.5) is 0 Å². The van der Waals surface area contributed by atoms with Gasteiger partial charge in [-0.1, -0.05) is 17.7 Å². The van der Waals surface area contributed by atoms with Crippen molar-refractivity contribution in [3.63, 3.8) is 0 Å². The molecule has 0 aromatic heterocycles.